The number of ether oxygens (including phenoxy) is 1. The van der Waals surface area contributed by atoms with Gasteiger partial charge < -0.3 is 20.3 Å². The number of hydrogen-bond acceptors (Lipinski definition) is 6. The summed E-state index contributed by atoms with van der Waals surface area (Å²) in [6.45, 7) is 5.74. The predicted octanol–water partition coefficient (Wildman–Crippen LogP) is 1.12. The minimum atomic E-state index is -0.492. The van der Waals surface area contributed by atoms with Crippen LogP contribution in [0.4, 0.5) is 0 Å². The lowest BCUT2D eigenvalue weighted by Gasteiger charge is -2.16. The average Bonchev–Trinajstić information content (AvgIpc) is 2.84. The number of hydrogen-bond donors (Lipinski definition) is 3. The molecule has 0 saturated heterocycles. The van der Waals surface area contributed by atoms with Crippen molar-refractivity contribution in [3.63, 3.8) is 0 Å². The van der Waals surface area contributed by atoms with E-state index in [9.17, 15) is 5.11 Å². The summed E-state index contributed by atoms with van der Waals surface area (Å²) in [6, 6.07) is 0.302. The van der Waals surface area contributed by atoms with Gasteiger partial charge in [-0.15, -0.1) is 11.3 Å². The molecule has 0 saturated carbocycles. The average molecular weight is 302 g/mol. The molecular formula is C14H26N2O3S. The third-order valence-electron chi connectivity index (χ3n) is 3.13. The Labute approximate surface area is 125 Å². The molecule has 5 nitrogen and oxygen atoms in total. The summed E-state index contributed by atoms with van der Waals surface area (Å²) in [5.74, 6) is 0. The molecule has 0 bridgehead atoms. The number of aliphatic hydroxyl groups excluding tert-OH is 2. The highest BCUT2D eigenvalue weighted by Gasteiger charge is 2.08. The Kier molecular flexibility index (Phi) is 8.97. The maximum absolute atomic E-state index is 9.79. The van der Waals surface area contributed by atoms with Gasteiger partial charge in [-0.05, 0) is 26.7 Å². The van der Waals surface area contributed by atoms with Crippen LogP contribution in [0.2, 0.25) is 0 Å². The van der Waals surface area contributed by atoms with Crippen LogP contribution in [0.3, 0.4) is 0 Å². The molecule has 0 aliphatic rings. The molecule has 2 unspecified atom stereocenters. The Balaban J connectivity index is 2.02. The minimum Gasteiger partial charge on any atom is -0.396 e. The van der Waals surface area contributed by atoms with Crippen molar-refractivity contribution in [2.45, 2.75) is 45.3 Å². The second kappa shape index (κ2) is 10.2. The first-order valence-electron chi connectivity index (χ1n) is 7.12. The Morgan fingerprint density at radius 1 is 1.50 bits per heavy atom. The molecule has 3 N–H and O–H groups in total. The zero-order valence-electron chi connectivity index (χ0n) is 12.3. The Hall–Kier alpha value is -0.530. The Morgan fingerprint density at radius 3 is 2.95 bits per heavy atom. The molecule has 20 heavy (non-hydrogen) atoms. The third-order valence-corrected chi connectivity index (χ3v) is 4.12. The summed E-state index contributed by atoms with van der Waals surface area (Å²) >= 11 is 1.64. The van der Waals surface area contributed by atoms with Gasteiger partial charge in [0.25, 0.3) is 0 Å². The zero-order chi connectivity index (χ0) is 14.8. The summed E-state index contributed by atoms with van der Waals surface area (Å²) in [5, 5.41) is 21.8. The van der Waals surface area contributed by atoms with Crippen molar-refractivity contribution < 1.29 is 14.9 Å². The fourth-order valence-electron chi connectivity index (χ4n) is 1.85. The maximum atomic E-state index is 9.79. The highest BCUT2D eigenvalue weighted by atomic mass is 32.1. The van der Waals surface area contributed by atoms with Gasteiger partial charge in [0.15, 0.2) is 0 Å². The quantitative estimate of drug-likeness (QED) is 0.534. The van der Waals surface area contributed by atoms with Gasteiger partial charge in [0.1, 0.15) is 0 Å². The highest BCUT2D eigenvalue weighted by molar-refractivity contribution is 7.09. The molecule has 1 aromatic heterocycles. The Morgan fingerprint density at radius 2 is 2.30 bits per heavy atom. The van der Waals surface area contributed by atoms with Crippen molar-refractivity contribution in [3.05, 3.63) is 16.1 Å². The number of aromatic nitrogens is 1. The van der Waals surface area contributed by atoms with Crippen LogP contribution in [-0.2, 0) is 11.2 Å². The van der Waals surface area contributed by atoms with Gasteiger partial charge in [-0.1, -0.05) is 0 Å². The van der Waals surface area contributed by atoms with Crippen LogP contribution in [0.25, 0.3) is 0 Å². The molecule has 6 heteroatoms. The predicted molar refractivity (Wildman–Crippen MR) is 81.2 cm³/mol. The van der Waals surface area contributed by atoms with Crippen LogP contribution < -0.4 is 5.32 Å². The van der Waals surface area contributed by atoms with E-state index in [4.69, 9.17) is 9.84 Å². The van der Waals surface area contributed by atoms with Crippen LogP contribution in [-0.4, -0.2) is 53.7 Å². The van der Waals surface area contributed by atoms with Crippen LogP contribution in [0, 0.1) is 6.92 Å². The van der Waals surface area contributed by atoms with E-state index in [2.05, 4.69) is 17.2 Å². The van der Waals surface area contributed by atoms with Crippen LogP contribution in [0.5, 0.6) is 0 Å². The molecule has 0 fully saturated rings. The summed E-state index contributed by atoms with van der Waals surface area (Å²) < 4.78 is 5.49. The van der Waals surface area contributed by atoms with Crippen molar-refractivity contribution in [2.75, 3.05) is 26.4 Å². The number of aliphatic hydroxyl groups is 2. The molecule has 0 spiro atoms. The fraction of sp³-hybridized carbons (Fsp3) is 0.786. The summed E-state index contributed by atoms with van der Waals surface area (Å²) in [6.07, 6.45) is 2.06. The molecule has 1 heterocycles. The van der Waals surface area contributed by atoms with E-state index in [0.29, 0.717) is 25.8 Å². The largest absolute Gasteiger partial charge is 0.396 e. The second-order valence-electron chi connectivity index (χ2n) is 5.01. The van der Waals surface area contributed by atoms with E-state index in [-0.39, 0.29) is 6.61 Å². The number of nitrogens with one attached hydrogen (secondary N) is 1. The summed E-state index contributed by atoms with van der Waals surface area (Å²) in [5.41, 5.74) is 2.91. The normalized spacial score (nSPS) is 14.4. The molecule has 0 amide bonds. The van der Waals surface area contributed by atoms with Crippen molar-refractivity contribution in [3.8, 4) is 0 Å². The maximum Gasteiger partial charge on any atom is 0.0897 e. The van der Waals surface area contributed by atoms with E-state index in [1.807, 2.05) is 12.4 Å². The standard InChI is InChI=1S/C14H26N2O3S/c1-11(4-3-6-17)15-8-13(18)9-19-7-5-14-12(2)16-10-20-14/h10-11,13,15,17-18H,3-9H2,1-2H3. The first kappa shape index (κ1) is 17.5. The van der Waals surface area contributed by atoms with Crippen LogP contribution in [0.15, 0.2) is 5.51 Å². The molecule has 1 rings (SSSR count). The first-order chi connectivity index (χ1) is 9.63. The van der Waals surface area contributed by atoms with E-state index in [1.54, 1.807) is 11.3 Å². The molecule has 2 atom stereocenters. The van der Waals surface area contributed by atoms with Gasteiger partial charge in [0.2, 0.25) is 0 Å². The second-order valence-corrected chi connectivity index (χ2v) is 5.95. The van der Waals surface area contributed by atoms with E-state index >= 15 is 0 Å². The molecule has 0 aliphatic heterocycles. The number of aryl methyl sites for hydroxylation is 1. The minimum absolute atomic E-state index is 0.217. The lowest BCUT2D eigenvalue weighted by Crippen LogP contribution is -2.36. The lowest BCUT2D eigenvalue weighted by molar-refractivity contribution is 0.0371. The van der Waals surface area contributed by atoms with Gasteiger partial charge in [-0.3, -0.25) is 0 Å². The van der Waals surface area contributed by atoms with Crippen molar-refractivity contribution in [1.29, 1.82) is 0 Å². The van der Waals surface area contributed by atoms with Crippen LogP contribution >= 0.6 is 11.3 Å². The molecule has 1 aromatic rings. The first-order valence-corrected chi connectivity index (χ1v) is 8.00. The topological polar surface area (TPSA) is 74.6 Å². The molecular weight excluding hydrogens is 276 g/mol. The summed E-state index contributed by atoms with van der Waals surface area (Å²) in [7, 11) is 0. The highest BCUT2D eigenvalue weighted by Crippen LogP contribution is 2.12. The Bertz CT molecular complexity index is 360. The van der Waals surface area contributed by atoms with Crippen molar-refractivity contribution >= 4 is 11.3 Å². The lowest BCUT2D eigenvalue weighted by atomic mass is 10.2. The fourth-order valence-corrected chi connectivity index (χ4v) is 2.61. The molecule has 0 aliphatic carbocycles. The van der Waals surface area contributed by atoms with Gasteiger partial charge in [-0.2, -0.15) is 0 Å². The van der Waals surface area contributed by atoms with E-state index < -0.39 is 6.10 Å². The molecule has 0 radical (unpaired) electrons. The van der Waals surface area contributed by atoms with Gasteiger partial charge in [-0.25, -0.2) is 4.98 Å². The summed E-state index contributed by atoms with van der Waals surface area (Å²) in [4.78, 5) is 5.44. The van der Waals surface area contributed by atoms with E-state index in [1.165, 1.54) is 4.88 Å². The smallest absolute Gasteiger partial charge is 0.0897 e. The van der Waals surface area contributed by atoms with E-state index in [0.717, 1.165) is 25.0 Å². The zero-order valence-corrected chi connectivity index (χ0v) is 13.2. The van der Waals surface area contributed by atoms with Crippen LogP contribution in [0.1, 0.15) is 30.3 Å². The third kappa shape index (κ3) is 7.31. The monoisotopic (exact) mass is 302 g/mol. The van der Waals surface area contributed by atoms with Crippen molar-refractivity contribution in [1.82, 2.24) is 10.3 Å². The number of nitrogens with zero attached hydrogens (tertiary/aromatic N) is 1. The van der Waals surface area contributed by atoms with Crippen molar-refractivity contribution in [2.24, 2.45) is 0 Å². The molecule has 116 valence electrons. The number of thiazole rings is 1. The van der Waals surface area contributed by atoms with Gasteiger partial charge in [0.05, 0.1) is 30.5 Å². The molecule has 0 aromatic carbocycles. The van der Waals surface area contributed by atoms with Gasteiger partial charge >= 0.3 is 0 Å². The SMILES string of the molecule is Cc1ncsc1CCOCC(O)CNC(C)CCCO. The van der Waals surface area contributed by atoms with Gasteiger partial charge in [0, 0.05) is 30.5 Å². The number of rotatable bonds is 11.